The Morgan fingerprint density at radius 2 is 1.93 bits per heavy atom. The first-order chi connectivity index (χ1) is 14.1. The standard InChI is InChI=1S/C21H20N2O5S2/c1-30(26,27)21(6-7-21)16-5-4-14(28-16)17(25)23-20-9-19(10-20,11-20)18-22-13-3-2-12(24)8-15(13)29-18/h2-5,8,24H,6-7,9-11H2,1H3,(H,23,25). The molecule has 4 aliphatic rings. The molecular formula is C21H20N2O5S2. The molecule has 0 saturated heterocycles. The fourth-order valence-corrected chi connectivity index (χ4v) is 7.71. The lowest BCUT2D eigenvalue weighted by molar-refractivity contribution is -0.0811. The molecule has 9 heteroatoms. The highest BCUT2D eigenvalue weighted by Gasteiger charge is 2.70. The Bertz CT molecular complexity index is 1310. The number of aromatic hydroxyl groups is 1. The van der Waals surface area contributed by atoms with Crippen molar-refractivity contribution >= 4 is 37.3 Å². The first-order valence-corrected chi connectivity index (χ1v) is 12.6. The van der Waals surface area contributed by atoms with Crippen LogP contribution in [0.1, 0.15) is 53.4 Å². The van der Waals surface area contributed by atoms with Gasteiger partial charge >= 0.3 is 0 Å². The van der Waals surface area contributed by atoms with Crippen molar-refractivity contribution in [2.75, 3.05) is 6.26 Å². The maximum absolute atomic E-state index is 12.7. The number of rotatable bonds is 5. The average molecular weight is 445 g/mol. The van der Waals surface area contributed by atoms with Crippen molar-refractivity contribution in [1.82, 2.24) is 10.3 Å². The van der Waals surface area contributed by atoms with Gasteiger partial charge in [-0.15, -0.1) is 11.3 Å². The zero-order chi connectivity index (χ0) is 20.9. The van der Waals surface area contributed by atoms with Gasteiger partial charge in [-0.2, -0.15) is 0 Å². The molecule has 2 heterocycles. The van der Waals surface area contributed by atoms with E-state index in [0.29, 0.717) is 18.6 Å². The second-order valence-electron chi connectivity index (χ2n) is 9.15. The maximum Gasteiger partial charge on any atom is 0.287 e. The largest absolute Gasteiger partial charge is 0.508 e. The van der Waals surface area contributed by atoms with Crippen LogP contribution in [0.4, 0.5) is 0 Å². The molecule has 7 rings (SSSR count). The number of benzene rings is 1. The van der Waals surface area contributed by atoms with Gasteiger partial charge in [-0.3, -0.25) is 4.79 Å². The van der Waals surface area contributed by atoms with Crippen LogP contribution in [0.5, 0.6) is 5.75 Å². The van der Waals surface area contributed by atoms with E-state index in [9.17, 15) is 18.3 Å². The number of thiazole rings is 1. The summed E-state index contributed by atoms with van der Waals surface area (Å²) in [5, 5.41) is 13.8. The van der Waals surface area contributed by atoms with Crippen LogP contribution >= 0.6 is 11.3 Å². The zero-order valence-corrected chi connectivity index (χ0v) is 17.9. The normalized spacial score (nSPS) is 28.6. The Morgan fingerprint density at radius 1 is 1.20 bits per heavy atom. The molecule has 0 aliphatic heterocycles. The van der Waals surface area contributed by atoms with E-state index in [1.165, 1.54) is 6.26 Å². The molecule has 0 atom stereocenters. The number of carbonyl (C=O) groups excluding carboxylic acids is 1. The van der Waals surface area contributed by atoms with Crippen molar-refractivity contribution in [2.24, 2.45) is 0 Å². The summed E-state index contributed by atoms with van der Waals surface area (Å²) in [5.41, 5.74) is 0.659. The maximum atomic E-state index is 12.7. The van der Waals surface area contributed by atoms with Gasteiger partial charge in [-0.25, -0.2) is 13.4 Å². The molecule has 156 valence electrons. The number of hydrogen-bond donors (Lipinski definition) is 2. The second kappa shape index (κ2) is 5.45. The van der Waals surface area contributed by atoms with E-state index in [0.717, 1.165) is 34.5 Å². The third-order valence-electron chi connectivity index (χ3n) is 6.93. The smallest absolute Gasteiger partial charge is 0.287 e. The second-order valence-corrected chi connectivity index (χ2v) is 12.5. The van der Waals surface area contributed by atoms with Gasteiger partial charge in [-0.05, 0) is 62.4 Å². The van der Waals surface area contributed by atoms with E-state index in [1.54, 1.807) is 35.6 Å². The molecule has 0 radical (unpaired) electrons. The molecule has 0 unspecified atom stereocenters. The minimum absolute atomic E-state index is 0.00920. The lowest BCUT2D eigenvalue weighted by Crippen LogP contribution is -2.76. The van der Waals surface area contributed by atoms with Crippen LogP contribution in [0.3, 0.4) is 0 Å². The molecule has 4 saturated carbocycles. The Morgan fingerprint density at radius 3 is 2.60 bits per heavy atom. The Balaban J connectivity index is 1.16. The number of sulfone groups is 1. The third-order valence-corrected chi connectivity index (χ3v) is 10.2. The van der Waals surface area contributed by atoms with Gasteiger partial charge in [0.25, 0.3) is 5.91 Å². The van der Waals surface area contributed by atoms with Crippen molar-refractivity contribution < 1.29 is 22.7 Å². The molecule has 1 amide bonds. The molecule has 0 spiro atoms. The Labute approximate surface area is 177 Å². The van der Waals surface area contributed by atoms with E-state index in [2.05, 4.69) is 5.32 Å². The van der Waals surface area contributed by atoms with Crippen molar-refractivity contribution in [3.63, 3.8) is 0 Å². The van der Waals surface area contributed by atoms with Crippen LogP contribution in [0.2, 0.25) is 0 Å². The predicted molar refractivity (Wildman–Crippen MR) is 111 cm³/mol. The quantitative estimate of drug-likeness (QED) is 0.625. The first-order valence-electron chi connectivity index (χ1n) is 9.86. The topological polar surface area (TPSA) is 110 Å². The fraction of sp³-hybridized carbons (Fsp3) is 0.429. The van der Waals surface area contributed by atoms with Gasteiger partial charge in [0.15, 0.2) is 15.6 Å². The summed E-state index contributed by atoms with van der Waals surface area (Å²) in [6.07, 6.45) is 4.78. The molecular weight excluding hydrogens is 424 g/mol. The van der Waals surface area contributed by atoms with E-state index in [4.69, 9.17) is 9.40 Å². The van der Waals surface area contributed by atoms with Gasteiger partial charge < -0.3 is 14.8 Å². The number of hydrogen-bond acceptors (Lipinski definition) is 7. The molecule has 2 bridgehead atoms. The van der Waals surface area contributed by atoms with Crippen molar-refractivity contribution in [3.8, 4) is 5.75 Å². The van der Waals surface area contributed by atoms with Gasteiger partial charge in [0.1, 0.15) is 21.3 Å². The van der Waals surface area contributed by atoms with Crippen LogP contribution in [-0.4, -0.2) is 36.2 Å². The zero-order valence-electron chi connectivity index (χ0n) is 16.3. The Kier molecular flexibility index (Phi) is 3.34. The summed E-state index contributed by atoms with van der Waals surface area (Å²) in [7, 11) is -3.28. The summed E-state index contributed by atoms with van der Waals surface area (Å²) < 4.78 is 29.8. The first kappa shape index (κ1) is 18.4. The van der Waals surface area contributed by atoms with Crippen molar-refractivity contribution in [3.05, 3.63) is 46.9 Å². The SMILES string of the molecule is CS(=O)(=O)C1(c2ccc(C(=O)NC34CC(c5nc6ccc(O)cc6s5)(C3)C4)o2)CC1. The lowest BCUT2D eigenvalue weighted by atomic mass is 9.39. The fourth-order valence-electron chi connectivity index (χ4n) is 5.21. The highest BCUT2D eigenvalue weighted by Crippen LogP contribution is 2.68. The van der Waals surface area contributed by atoms with Crippen LogP contribution in [0.15, 0.2) is 34.7 Å². The van der Waals surface area contributed by atoms with Crippen LogP contribution in [0.25, 0.3) is 10.2 Å². The van der Waals surface area contributed by atoms with Gasteiger partial charge in [0.05, 0.1) is 10.2 Å². The number of phenolic OH excluding ortho intramolecular Hbond substituents is 1. The monoisotopic (exact) mass is 444 g/mol. The Hall–Kier alpha value is -2.39. The summed E-state index contributed by atoms with van der Waals surface area (Å²) in [6, 6.07) is 8.38. The number of amides is 1. The van der Waals surface area contributed by atoms with E-state index >= 15 is 0 Å². The highest BCUT2D eigenvalue weighted by molar-refractivity contribution is 7.91. The van der Waals surface area contributed by atoms with Gasteiger partial charge in [-0.1, -0.05) is 0 Å². The number of nitrogens with one attached hydrogen (secondary N) is 1. The van der Waals surface area contributed by atoms with Gasteiger partial charge in [0, 0.05) is 17.2 Å². The predicted octanol–water partition coefficient (Wildman–Crippen LogP) is 3.23. The molecule has 4 aliphatic carbocycles. The minimum atomic E-state index is -3.28. The molecule has 2 N–H and O–H groups in total. The number of nitrogens with zero attached hydrogens (tertiary/aromatic N) is 1. The summed E-state index contributed by atoms with van der Waals surface area (Å²) in [5.74, 6) is 0.463. The summed E-state index contributed by atoms with van der Waals surface area (Å²) in [4.78, 5) is 17.4. The van der Waals surface area contributed by atoms with E-state index in [-0.39, 0.29) is 28.4 Å². The van der Waals surface area contributed by atoms with E-state index in [1.807, 2.05) is 6.07 Å². The van der Waals surface area contributed by atoms with Crippen LogP contribution in [0, 0.1) is 0 Å². The number of fused-ring (bicyclic) bond motifs is 1. The molecule has 7 nitrogen and oxygen atoms in total. The minimum Gasteiger partial charge on any atom is -0.508 e. The summed E-state index contributed by atoms with van der Waals surface area (Å²) >= 11 is 1.60. The number of aromatic nitrogens is 1. The number of phenols is 1. The lowest BCUT2D eigenvalue weighted by Gasteiger charge is -2.69. The molecule has 3 aromatic rings. The number of furan rings is 1. The van der Waals surface area contributed by atoms with Crippen LogP contribution < -0.4 is 5.32 Å². The van der Waals surface area contributed by atoms with Crippen LogP contribution in [-0.2, 0) is 20.0 Å². The van der Waals surface area contributed by atoms with Crippen molar-refractivity contribution in [1.29, 1.82) is 0 Å². The average Bonchev–Trinajstić information content (AvgIpc) is 3.11. The molecule has 30 heavy (non-hydrogen) atoms. The van der Waals surface area contributed by atoms with Crippen molar-refractivity contribution in [2.45, 2.75) is 47.8 Å². The molecule has 2 aromatic heterocycles. The molecule has 4 fully saturated rings. The molecule has 1 aromatic carbocycles. The third kappa shape index (κ3) is 2.39. The van der Waals surface area contributed by atoms with E-state index < -0.39 is 14.6 Å². The highest BCUT2D eigenvalue weighted by atomic mass is 32.2. The number of carbonyl (C=O) groups is 1. The summed E-state index contributed by atoms with van der Waals surface area (Å²) in [6.45, 7) is 0. The van der Waals surface area contributed by atoms with Gasteiger partial charge in [0.2, 0.25) is 0 Å².